The minimum atomic E-state index is -3.30. The number of aliphatic carboxylic acids is 1. The van der Waals surface area contributed by atoms with E-state index in [2.05, 4.69) is 0 Å². The van der Waals surface area contributed by atoms with Crippen LogP contribution in [0.4, 0.5) is 0 Å². The Morgan fingerprint density at radius 3 is 2.28 bits per heavy atom. The first-order valence-corrected chi connectivity index (χ1v) is 8.08. The summed E-state index contributed by atoms with van der Waals surface area (Å²) in [5, 5.41) is 18.7. The maximum atomic E-state index is 12.0. The van der Waals surface area contributed by atoms with Gasteiger partial charge in [-0.25, -0.2) is 8.42 Å². The molecule has 0 amide bonds. The van der Waals surface area contributed by atoms with Crippen molar-refractivity contribution >= 4 is 15.8 Å². The van der Waals surface area contributed by atoms with Crippen LogP contribution in [0.15, 0.2) is 0 Å². The first-order chi connectivity index (χ1) is 8.20. The Bertz CT molecular complexity index is 393. The second kappa shape index (κ2) is 5.57. The largest absolute Gasteiger partial charge is 0.481 e. The highest BCUT2D eigenvalue weighted by atomic mass is 32.2. The maximum absolute atomic E-state index is 12.0. The lowest BCUT2D eigenvalue weighted by atomic mass is 9.80. The lowest BCUT2D eigenvalue weighted by molar-refractivity contribution is -0.144. The summed E-state index contributed by atoms with van der Waals surface area (Å²) in [5.74, 6) is -1.56. The van der Waals surface area contributed by atoms with Crippen molar-refractivity contribution in [1.82, 2.24) is 0 Å². The zero-order valence-corrected chi connectivity index (χ0v) is 11.7. The van der Waals surface area contributed by atoms with Crippen LogP contribution in [0.5, 0.6) is 0 Å². The van der Waals surface area contributed by atoms with Crippen LogP contribution in [0.3, 0.4) is 0 Å². The lowest BCUT2D eigenvalue weighted by Crippen LogP contribution is -2.43. The van der Waals surface area contributed by atoms with Crippen LogP contribution in [-0.2, 0) is 14.6 Å². The van der Waals surface area contributed by atoms with Gasteiger partial charge < -0.3 is 10.2 Å². The van der Waals surface area contributed by atoms with Gasteiger partial charge in [0.25, 0.3) is 0 Å². The van der Waals surface area contributed by atoms with Crippen molar-refractivity contribution in [2.45, 2.75) is 56.8 Å². The van der Waals surface area contributed by atoms with Gasteiger partial charge in [-0.1, -0.05) is 6.92 Å². The van der Waals surface area contributed by atoms with E-state index in [9.17, 15) is 18.3 Å². The molecule has 0 heterocycles. The molecule has 6 heteroatoms. The molecule has 106 valence electrons. The van der Waals surface area contributed by atoms with E-state index in [0.717, 1.165) is 0 Å². The Hall–Kier alpha value is -0.620. The molecule has 2 N–H and O–H groups in total. The van der Waals surface area contributed by atoms with E-state index in [0.29, 0.717) is 19.3 Å². The van der Waals surface area contributed by atoms with Crippen molar-refractivity contribution < 1.29 is 23.4 Å². The fourth-order valence-corrected chi connectivity index (χ4v) is 4.15. The summed E-state index contributed by atoms with van der Waals surface area (Å²) >= 11 is 0. The van der Waals surface area contributed by atoms with Gasteiger partial charge in [0.1, 0.15) is 0 Å². The predicted octanol–water partition coefficient (Wildman–Crippen LogP) is 1.21. The average Bonchev–Trinajstić information content (AvgIpc) is 2.27. The van der Waals surface area contributed by atoms with E-state index < -0.39 is 32.6 Å². The normalized spacial score (nSPS) is 30.9. The number of sulfone groups is 1. The summed E-state index contributed by atoms with van der Waals surface area (Å²) < 4.78 is 23.9. The van der Waals surface area contributed by atoms with Crippen molar-refractivity contribution in [3.63, 3.8) is 0 Å². The Morgan fingerprint density at radius 1 is 1.39 bits per heavy atom. The number of carboxylic acid groups (broad SMARTS) is 1. The van der Waals surface area contributed by atoms with E-state index >= 15 is 0 Å². The number of aliphatic hydroxyl groups is 1. The van der Waals surface area contributed by atoms with Gasteiger partial charge in [0, 0.05) is 0 Å². The standard InChI is InChI=1S/C12H22O5S/c1-3-9(2)18(16,17)8-12(15)6-4-10(5-7-12)11(13)14/h9-10,15H,3-8H2,1-2H3,(H,13,14). The van der Waals surface area contributed by atoms with E-state index in [1.165, 1.54) is 0 Å². The summed E-state index contributed by atoms with van der Waals surface area (Å²) in [6.45, 7) is 3.44. The van der Waals surface area contributed by atoms with Crippen molar-refractivity contribution in [2.24, 2.45) is 5.92 Å². The van der Waals surface area contributed by atoms with Gasteiger partial charge in [0.15, 0.2) is 9.84 Å². The Kier molecular flexibility index (Phi) is 4.78. The van der Waals surface area contributed by atoms with Crippen molar-refractivity contribution in [2.75, 3.05) is 5.75 Å². The van der Waals surface area contributed by atoms with E-state index in [-0.39, 0.29) is 18.6 Å². The van der Waals surface area contributed by atoms with Crippen LogP contribution in [0, 0.1) is 5.92 Å². The number of carboxylic acids is 1. The van der Waals surface area contributed by atoms with Gasteiger partial charge in [0.2, 0.25) is 0 Å². The molecule has 1 unspecified atom stereocenters. The summed E-state index contributed by atoms with van der Waals surface area (Å²) in [6.07, 6.45) is 1.72. The first-order valence-electron chi connectivity index (χ1n) is 6.37. The molecule has 18 heavy (non-hydrogen) atoms. The van der Waals surface area contributed by atoms with Gasteiger partial charge in [-0.05, 0) is 39.0 Å². The summed E-state index contributed by atoms with van der Waals surface area (Å²) in [4.78, 5) is 10.8. The number of rotatable bonds is 5. The summed E-state index contributed by atoms with van der Waals surface area (Å²) in [7, 11) is -3.30. The minimum Gasteiger partial charge on any atom is -0.481 e. The molecule has 0 bridgehead atoms. The highest BCUT2D eigenvalue weighted by molar-refractivity contribution is 7.92. The third-order valence-electron chi connectivity index (χ3n) is 3.92. The molecule has 1 aliphatic carbocycles. The third-order valence-corrected chi connectivity index (χ3v) is 6.42. The molecule has 1 saturated carbocycles. The number of hydrogen-bond donors (Lipinski definition) is 2. The molecule has 1 atom stereocenters. The Morgan fingerprint density at radius 2 is 1.89 bits per heavy atom. The molecule has 0 spiro atoms. The van der Waals surface area contributed by atoms with Crippen LogP contribution in [0.25, 0.3) is 0 Å². The Balaban J connectivity index is 2.66. The van der Waals surface area contributed by atoms with Gasteiger partial charge >= 0.3 is 5.97 Å². The third kappa shape index (κ3) is 3.68. The van der Waals surface area contributed by atoms with Gasteiger partial charge in [0.05, 0.1) is 22.5 Å². The fourth-order valence-electron chi connectivity index (χ4n) is 2.32. The van der Waals surface area contributed by atoms with Crippen LogP contribution >= 0.6 is 0 Å². The fraction of sp³-hybridized carbons (Fsp3) is 0.917. The molecule has 1 aliphatic rings. The van der Waals surface area contributed by atoms with E-state index in [1.807, 2.05) is 0 Å². The van der Waals surface area contributed by atoms with Crippen molar-refractivity contribution in [3.8, 4) is 0 Å². The summed E-state index contributed by atoms with van der Waals surface area (Å²) in [6, 6.07) is 0. The zero-order chi connectivity index (χ0) is 14.0. The molecule has 5 nitrogen and oxygen atoms in total. The molecule has 0 aliphatic heterocycles. The van der Waals surface area contributed by atoms with Crippen molar-refractivity contribution in [3.05, 3.63) is 0 Å². The topological polar surface area (TPSA) is 91.7 Å². The van der Waals surface area contributed by atoms with Gasteiger partial charge in [-0.15, -0.1) is 0 Å². The van der Waals surface area contributed by atoms with E-state index in [1.54, 1.807) is 13.8 Å². The predicted molar refractivity (Wildman–Crippen MR) is 68.1 cm³/mol. The molecule has 0 aromatic carbocycles. The number of hydrogen-bond acceptors (Lipinski definition) is 4. The molecule has 0 aromatic heterocycles. The molecule has 1 fully saturated rings. The highest BCUT2D eigenvalue weighted by Gasteiger charge is 2.40. The lowest BCUT2D eigenvalue weighted by Gasteiger charge is -2.34. The highest BCUT2D eigenvalue weighted by Crippen LogP contribution is 2.34. The smallest absolute Gasteiger partial charge is 0.306 e. The van der Waals surface area contributed by atoms with Crippen LogP contribution in [0.1, 0.15) is 46.0 Å². The van der Waals surface area contributed by atoms with Crippen LogP contribution in [-0.4, -0.2) is 41.2 Å². The monoisotopic (exact) mass is 278 g/mol. The SMILES string of the molecule is CCC(C)S(=O)(=O)CC1(O)CCC(C(=O)O)CC1. The second-order valence-electron chi connectivity index (χ2n) is 5.36. The summed E-state index contributed by atoms with van der Waals surface area (Å²) in [5.41, 5.74) is -1.24. The molecule has 1 rings (SSSR count). The zero-order valence-electron chi connectivity index (χ0n) is 10.9. The van der Waals surface area contributed by atoms with Crippen LogP contribution < -0.4 is 0 Å². The quantitative estimate of drug-likeness (QED) is 0.788. The second-order valence-corrected chi connectivity index (χ2v) is 7.78. The molecular weight excluding hydrogens is 256 g/mol. The molecule has 0 aromatic rings. The minimum absolute atomic E-state index is 0.249. The maximum Gasteiger partial charge on any atom is 0.306 e. The van der Waals surface area contributed by atoms with Crippen molar-refractivity contribution in [1.29, 1.82) is 0 Å². The molecule has 0 saturated heterocycles. The molecule has 0 radical (unpaired) electrons. The first kappa shape index (κ1) is 15.4. The molecular formula is C12H22O5S. The number of carbonyl (C=O) groups is 1. The van der Waals surface area contributed by atoms with Gasteiger partial charge in [-0.3, -0.25) is 4.79 Å². The Labute approximate surface area is 108 Å². The average molecular weight is 278 g/mol. The van der Waals surface area contributed by atoms with Crippen LogP contribution in [0.2, 0.25) is 0 Å². The van der Waals surface area contributed by atoms with E-state index in [4.69, 9.17) is 5.11 Å². The van der Waals surface area contributed by atoms with Gasteiger partial charge in [-0.2, -0.15) is 0 Å².